The van der Waals surface area contributed by atoms with Crippen LogP contribution in [0, 0.1) is 11.3 Å². The van der Waals surface area contributed by atoms with Crippen LogP contribution in [0.5, 0.6) is 5.75 Å². The highest BCUT2D eigenvalue weighted by Crippen LogP contribution is 2.25. The molecule has 1 atom stereocenters. The van der Waals surface area contributed by atoms with Gasteiger partial charge in [-0.1, -0.05) is 13.0 Å². The van der Waals surface area contributed by atoms with Gasteiger partial charge in [-0.3, -0.25) is 5.41 Å². The zero-order valence-corrected chi connectivity index (χ0v) is 10.3. The lowest BCUT2D eigenvalue weighted by atomic mass is 9.92. The molecular weight excluding hydrogens is 212 g/mol. The molecule has 0 spiro atoms. The Balaban J connectivity index is 2.00. The van der Waals surface area contributed by atoms with Gasteiger partial charge in [-0.25, -0.2) is 0 Å². The van der Waals surface area contributed by atoms with Gasteiger partial charge in [0.1, 0.15) is 5.75 Å². The van der Waals surface area contributed by atoms with Crippen molar-refractivity contribution < 1.29 is 4.74 Å². The summed E-state index contributed by atoms with van der Waals surface area (Å²) in [4.78, 5) is 0. The molecule has 0 aliphatic heterocycles. The highest BCUT2D eigenvalue weighted by atomic mass is 16.5. The summed E-state index contributed by atoms with van der Waals surface area (Å²) in [6.07, 6.45) is 4.93. The standard InChI is InChI=1S/C14H20N2O/c1-10(14(15)16)9-17-13-7-6-11-4-2-3-5-12(11)8-13/h6-8,10H,2-5,9H2,1H3,(H3,15,16). The Morgan fingerprint density at radius 1 is 1.35 bits per heavy atom. The number of hydrogen-bond donors (Lipinski definition) is 2. The van der Waals surface area contributed by atoms with E-state index >= 15 is 0 Å². The normalized spacial score (nSPS) is 16.1. The zero-order chi connectivity index (χ0) is 12.3. The first-order valence-electron chi connectivity index (χ1n) is 6.25. The van der Waals surface area contributed by atoms with Crippen molar-refractivity contribution in [1.29, 1.82) is 5.41 Å². The summed E-state index contributed by atoms with van der Waals surface area (Å²) in [7, 11) is 0. The van der Waals surface area contributed by atoms with Crippen molar-refractivity contribution in [2.24, 2.45) is 11.7 Å². The van der Waals surface area contributed by atoms with Gasteiger partial charge in [-0.15, -0.1) is 0 Å². The molecule has 0 radical (unpaired) electrons. The van der Waals surface area contributed by atoms with Crippen molar-refractivity contribution in [2.75, 3.05) is 6.61 Å². The highest BCUT2D eigenvalue weighted by molar-refractivity contribution is 5.79. The first-order valence-corrected chi connectivity index (χ1v) is 6.25. The highest BCUT2D eigenvalue weighted by Gasteiger charge is 2.11. The van der Waals surface area contributed by atoms with Crippen molar-refractivity contribution in [3.63, 3.8) is 0 Å². The summed E-state index contributed by atoms with van der Waals surface area (Å²) in [5.41, 5.74) is 8.30. The van der Waals surface area contributed by atoms with Crippen LogP contribution < -0.4 is 10.5 Å². The van der Waals surface area contributed by atoms with Crippen molar-refractivity contribution in [2.45, 2.75) is 32.6 Å². The number of amidine groups is 1. The lowest BCUT2D eigenvalue weighted by molar-refractivity contribution is 0.291. The summed E-state index contributed by atoms with van der Waals surface area (Å²) in [5.74, 6) is 1.06. The molecule has 92 valence electrons. The number of aryl methyl sites for hydroxylation is 2. The second kappa shape index (κ2) is 5.21. The Hall–Kier alpha value is -1.51. The predicted octanol–water partition coefficient (Wildman–Crippen LogP) is 2.52. The lowest BCUT2D eigenvalue weighted by Crippen LogP contribution is -2.25. The number of benzene rings is 1. The van der Waals surface area contributed by atoms with E-state index in [4.69, 9.17) is 15.9 Å². The van der Waals surface area contributed by atoms with E-state index < -0.39 is 0 Å². The number of nitrogens with one attached hydrogen (secondary N) is 1. The molecular formula is C14H20N2O. The molecule has 0 bridgehead atoms. The molecule has 1 aliphatic carbocycles. The molecule has 0 fully saturated rings. The second-order valence-corrected chi connectivity index (χ2v) is 4.81. The molecule has 1 aromatic rings. The molecule has 3 N–H and O–H groups in total. The smallest absolute Gasteiger partial charge is 0.119 e. The zero-order valence-electron chi connectivity index (χ0n) is 10.3. The maximum Gasteiger partial charge on any atom is 0.119 e. The molecule has 17 heavy (non-hydrogen) atoms. The molecule has 1 unspecified atom stereocenters. The molecule has 3 nitrogen and oxygen atoms in total. The van der Waals surface area contributed by atoms with Gasteiger partial charge in [0.15, 0.2) is 0 Å². The Morgan fingerprint density at radius 2 is 2.06 bits per heavy atom. The fraction of sp³-hybridized carbons (Fsp3) is 0.500. The fourth-order valence-electron chi connectivity index (χ4n) is 2.11. The van der Waals surface area contributed by atoms with Crippen LogP contribution in [0.3, 0.4) is 0 Å². The van der Waals surface area contributed by atoms with Gasteiger partial charge < -0.3 is 10.5 Å². The number of hydrogen-bond acceptors (Lipinski definition) is 2. The Morgan fingerprint density at radius 3 is 2.76 bits per heavy atom. The van der Waals surface area contributed by atoms with Gasteiger partial charge in [0.25, 0.3) is 0 Å². The minimum absolute atomic E-state index is 0.0222. The minimum Gasteiger partial charge on any atom is -0.493 e. The maximum atomic E-state index is 7.32. The largest absolute Gasteiger partial charge is 0.493 e. The van der Waals surface area contributed by atoms with E-state index in [0.717, 1.165) is 12.2 Å². The molecule has 0 amide bonds. The van der Waals surface area contributed by atoms with Gasteiger partial charge in [0, 0.05) is 5.92 Å². The first kappa shape index (κ1) is 12.0. The first-order chi connectivity index (χ1) is 8.16. The number of rotatable bonds is 4. The minimum atomic E-state index is -0.0222. The maximum absolute atomic E-state index is 7.32. The van der Waals surface area contributed by atoms with Crippen LogP contribution in [0.25, 0.3) is 0 Å². The van der Waals surface area contributed by atoms with E-state index in [9.17, 15) is 0 Å². The number of ether oxygens (including phenoxy) is 1. The Bertz CT molecular complexity index is 415. The molecule has 1 aliphatic rings. The van der Waals surface area contributed by atoms with Crippen molar-refractivity contribution in [3.05, 3.63) is 29.3 Å². The molecule has 0 saturated carbocycles. The average Bonchev–Trinajstić information content (AvgIpc) is 2.35. The molecule has 1 aromatic carbocycles. The van der Waals surface area contributed by atoms with Gasteiger partial charge in [-0.2, -0.15) is 0 Å². The summed E-state index contributed by atoms with van der Waals surface area (Å²) in [6, 6.07) is 6.33. The topological polar surface area (TPSA) is 59.1 Å². The third kappa shape index (κ3) is 2.99. The number of fused-ring (bicyclic) bond motifs is 1. The van der Waals surface area contributed by atoms with Crippen LogP contribution in [0.15, 0.2) is 18.2 Å². The molecule has 0 aromatic heterocycles. The van der Waals surface area contributed by atoms with E-state index in [0.29, 0.717) is 6.61 Å². The fourth-order valence-corrected chi connectivity index (χ4v) is 2.11. The lowest BCUT2D eigenvalue weighted by Gasteiger charge is -2.17. The SMILES string of the molecule is CC(COc1ccc2c(c1)CCCC2)C(=N)N. The van der Waals surface area contributed by atoms with Crippen LogP contribution in [0.4, 0.5) is 0 Å². The summed E-state index contributed by atoms with van der Waals surface area (Å²) < 4.78 is 5.67. The van der Waals surface area contributed by atoms with E-state index in [1.54, 1.807) is 0 Å². The average molecular weight is 232 g/mol. The molecule has 0 saturated heterocycles. The van der Waals surface area contributed by atoms with E-state index in [2.05, 4.69) is 12.1 Å². The van der Waals surface area contributed by atoms with Gasteiger partial charge >= 0.3 is 0 Å². The Labute approximate surface area is 102 Å². The van der Waals surface area contributed by atoms with Crippen LogP contribution in [0.1, 0.15) is 30.9 Å². The quantitative estimate of drug-likeness (QED) is 0.619. The van der Waals surface area contributed by atoms with E-state index in [1.807, 2.05) is 13.0 Å². The van der Waals surface area contributed by atoms with Crippen LogP contribution in [-0.2, 0) is 12.8 Å². The third-order valence-corrected chi connectivity index (χ3v) is 3.35. The van der Waals surface area contributed by atoms with Crippen molar-refractivity contribution in [1.82, 2.24) is 0 Å². The monoisotopic (exact) mass is 232 g/mol. The van der Waals surface area contributed by atoms with Gasteiger partial charge in [0.2, 0.25) is 0 Å². The van der Waals surface area contributed by atoms with Gasteiger partial charge in [-0.05, 0) is 48.9 Å². The molecule has 2 rings (SSSR count). The second-order valence-electron chi connectivity index (χ2n) is 4.81. The van der Waals surface area contributed by atoms with E-state index in [1.165, 1.54) is 30.4 Å². The third-order valence-electron chi connectivity index (χ3n) is 3.35. The molecule has 0 heterocycles. The van der Waals surface area contributed by atoms with Crippen molar-refractivity contribution in [3.8, 4) is 5.75 Å². The summed E-state index contributed by atoms with van der Waals surface area (Å²) in [6.45, 7) is 2.38. The predicted molar refractivity (Wildman–Crippen MR) is 69.7 cm³/mol. The summed E-state index contributed by atoms with van der Waals surface area (Å²) in [5, 5.41) is 7.32. The Kier molecular flexibility index (Phi) is 3.67. The van der Waals surface area contributed by atoms with Crippen LogP contribution >= 0.6 is 0 Å². The van der Waals surface area contributed by atoms with Crippen LogP contribution in [-0.4, -0.2) is 12.4 Å². The number of nitrogens with two attached hydrogens (primary N) is 1. The molecule has 3 heteroatoms. The summed E-state index contributed by atoms with van der Waals surface area (Å²) >= 11 is 0. The van der Waals surface area contributed by atoms with Crippen molar-refractivity contribution >= 4 is 5.84 Å². The van der Waals surface area contributed by atoms with Gasteiger partial charge in [0.05, 0.1) is 12.4 Å². The van der Waals surface area contributed by atoms with Crippen LogP contribution in [0.2, 0.25) is 0 Å². The van der Waals surface area contributed by atoms with E-state index in [-0.39, 0.29) is 11.8 Å².